The smallest absolute Gasteiger partial charge is 0 e. The molecule has 0 aliphatic heterocycles. The number of aromatic carboxylic acids is 1. The quantitative estimate of drug-likeness (QED) is 0.637. The van der Waals surface area contributed by atoms with E-state index in [-0.39, 0.29) is 17.1 Å². The summed E-state index contributed by atoms with van der Waals surface area (Å²) in [5, 5.41) is 8.27. The van der Waals surface area contributed by atoms with Gasteiger partial charge in [-0.05, 0) is 0 Å². The number of hydrogen-bond acceptors (Lipinski definition) is 1. The van der Waals surface area contributed by atoms with E-state index in [1.54, 1.807) is 24.3 Å². The Hall–Kier alpha value is -1.31. The van der Waals surface area contributed by atoms with Crippen LogP contribution in [0.5, 0.6) is 0 Å². The molecule has 0 amide bonds. The van der Waals surface area contributed by atoms with Crippen molar-refractivity contribution in [2.24, 2.45) is 0 Å². The first-order valence-corrected chi connectivity index (χ1v) is 6.01. The first-order valence-electron chi connectivity index (χ1n) is 6.01. The Morgan fingerprint density at radius 2 is 1.37 bits per heavy atom. The van der Waals surface area contributed by atoms with Crippen LogP contribution < -0.4 is 0 Å². The summed E-state index contributed by atoms with van der Waals surface area (Å²) < 4.78 is 0. The number of carboxylic acids is 1. The molecule has 1 N–H and O–H groups in total. The van der Waals surface area contributed by atoms with E-state index in [1.807, 2.05) is 0 Å². The molecule has 19 heavy (non-hydrogen) atoms. The van der Waals surface area contributed by atoms with Gasteiger partial charge in [0.05, 0.1) is 0 Å². The molecule has 0 bridgehead atoms. The third-order valence-corrected chi connectivity index (χ3v) is 3.72. The Balaban J connectivity index is 0.000000331. The van der Waals surface area contributed by atoms with Crippen molar-refractivity contribution >= 4 is 5.97 Å². The van der Waals surface area contributed by atoms with Gasteiger partial charge in [0.2, 0.25) is 0 Å². The van der Waals surface area contributed by atoms with Crippen LogP contribution in [-0.2, 0) is 17.1 Å². The van der Waals surface area contributed by atoms with Crippen molar-refractivity contribution in [3.8, 4) is 0 Å². The van der Waals surface area contributed by atoms with Crippen LogP contribution in [-0.4, -0.2) is 11.1 Å². The van der Waals surface area contributed by atoms with Crippen molar-refractivity contribution < 1.29 is 27.0 Å². The summed E-state index contributed by atoms with van der Waals surface area (Å²) in [4.78, 5) is 10.1. The summed E-state index contributed by atoms with van der Waals surface area (Å²) in [6.07, 6.45) is 0. The maximum atomic E-state index is 10.1. The number of hydrogen-bond donors (Lipinski definition) is 1. The van der Waals surface area contributed by atoms with Crippen molar-refractivity contribution in [2.45, 2.75) is 34.6 Å². The van der Waals surface area contributed by atoms with Crippen molar-refractivity contribution in [1.29, 1.82) is 0 Å². The molecular formula is C16H20FeO2-6. The van der Waals surface area contributed by atoms with Crippen LogP contribution in [0.1, 0.15) is 38.2 Å². The maximum Gasteiger partial charge on any atom is 0 e. The van der Waals surface area contributed by atoms with Crippen molar-refractivity contribution in [3.63, 3.8) is 0 Å². The zero-order valence-corrected chi connectivity index (χ0v) is 13.1. The van der Waals surface area contributed by atoms with Crippen molar-refractivity contribution in [1.82, 2.24) is 0 Å². The van der Waals surface area contributed by atoms with Crippen molar-refractivity contribution in [3.05, 3.63) is 57.6 Å². The third-order valence-electron chi connectivity index (χ3n) is 3.72. The minimum Gasteiger partial charge on any atom is -0.681 e. The third kappa shape index (κ3) is 4.09. The minimum absolute atomic E-state index is 0. The summed E-state index contributed by atoms with van der Waals surface area (Å²) in [6, 6.07) is 6.51. The second-order valence-corrected chi connectivity index (χ2v) is 4.60. The molecule has 0 atom stereocenters. The second kappa shape index (κ2) is 7.32. The van der Waals surface area contributed by atoms with Crippen LogP contribution in [0.4, 0.5) is 0 Å². The van der Waals surface area contributed by atoms with Crippen LogP contribution >= 0.6 is 0 Å². The molecule has 0 unspecified atom stereocenters. The van der Waals surface area contributed by atoms with Gasteiger partial charge in [-0.2, -0.15) is 27.8 Å². The zero-order chi connectivity index (χ0) is 13.9. The van der Waals surface area contributed by atoms with Crippen molar-refractivity contribution in [2.75, 3.05) is 0 Å². The molecule has 0 aliphatic rings. The van der Waals surface area contributed by atoms with Crippen LogP contribution in [0.3, 0.4) is 0 Å². The fourth-order valence-electron chi connectivity index (χ4n) is 1.92. The molecule has 0 heterocycles. The predicted molar refractivity (Wildman–Crippen MR) is 74.7 cm³/mol. The summed E-state index contributed by atoms with van der Waals surface area (Å²) in [5.74, 6) is -0.866. The van der Waals surface area contributed by atoms with Gasteiger partial charge < -0.3 is 39.7 Å². The Morgan fingerprint density at radius 1 is 1.00 bits per heavy atom. The molecule has 0 aromatic heterocycles. The van der Waals surface area contributed by atoms with E-state index < -0.39 is 5.97 Å². The van der Waals surface area contributed by atoms with Gasteiger partial charge in [0.25, 0.3) is 0 Å². The molecule has 2 rings (SSSR count). The predicted octanol–water partition coefficient (Wildman–Crippen LogP) is 4.05. The molecule has 110 valence electrons. The summed E-state index contributed by atoms with van der Waals surface area (Å²) in [6.45, 7) is 11.0. The summed E-state index contributed by atoms with van der Waals surface area (Å²) >= 11 is 0. The van der Waals surface area contributed by atoms with Crippen LogP contribution in [0.15, 0.2) is 24.3 Å². The van der Waals surface area contributed by atoms with Gasteiger partial charge in [-0.15, -0.1) is 5.97 Å². The fourth-order valence-corrected chi connectivity index (χ4v) is 1.92. The molecule has 0 saturated carbocycles. The first-order chi connectivity index (χ1) is 8.36. The van der Waals surface area contributed by atoms with E-state index in [2.05, 4.69) is 34.6 Å². The Morgan fingerprint density at radius 3 is 1.53 bits per heavy atom. The van der Waals surface area contributed by atoms with Gasteiger partial charge in [-0.3, -0.25) is 0 Å². The van der Waals surface area contributed by atoms with E-state index >= 15 is 0 Å². The zero-order valence-electron chi connectivity index (χ0n) is 12.0. The monoisotopic (exact) mass is 300 g/mol. The molecule has 0 fully saturated rings. The maximum absolute atomic E-state index is 10.1. The summed E-state index contributed by atoms with van der Waals surface area (Å²) in [7, 11) is 0. The van der Waals surface area contributed by atoms with E-state index in [1.165, 1.54) is 27.8 Å². The Labute approximate surface area is 125 Å². The normalized spacial score (nSPS) is 9.32. The van der Waals surface area contributed by atoms with Gasteiger partial charge in [-0.1, -0.05) is 34.6 Å². The molecule has 0 radical (unpaired) electrons. The first kappa shape index (κ1) is 17.7. The molecule has 0 saturated heterocycles. The largest absolute Gasteiger partial charge is 0.681 e. The molecule has 2 aromatic carbocycles. The topological polar surface area (TPSA) is 37.3 Å². The van der Waals surface area contributed by atoms with Crippen LogP contribution in [0, 0.1) is 34.6 Å². The second-order valence-electron chi connectivity index (χ2n) is 4.60. The summed E-state index contributed by atoms with van der Waals surface area (Å²) in [5.41, 5.74) is 7.69. The number of carbonyl (C=O) groups is 1. The number of rotatable bonds is 1. The van der Waals surface area contributed by atoms with Gasteiger partial charge in [-0.25, -0.2) is 0 Å². The molecular weight excluding hydrogens is 280 g/mol. The van der Waals surface area contributed by atoms with Gasteiger partial charge >= 0.3 is 0 Å². The average molecular weight is 300 g/mol. The van der Waals surface area contributed by atoms with Crippen LogP contribution in [0.25, 0.3) is 0 Å². The van der Waals surface area contributed by atoms with E-state index in [0.29, 0.717) is 5.56 Å². The molecule has 0 spiro atoms. The van der Waals surface area contributed by atoms with Gasteiger partial charge in [0.1, 0.15) is 0 Å². The fraction of sp³-hybridized carbons (Fsp3) is 0.312. The Kier molecular flexibility index (Phi) is 6.82. The van der Waals surface area contributed by atoms with Gasteiger partial charge in [0, 0.05) is 17.1 Å². The Bertz CT molecular complexity index is 453. The van der Waals surface area contributed by atoms with E-state index in [9.17, 15) is 4.79 Å². The van der Waals surface area contributed by atoms with Gasteiger partial charge in [0.15, 0.2) is 0 Å². The molecule has 2 nitrogen and oxygen atoms in total. The number of carboxylic acid groups (broad SMARTS) is 1. The molecule has 3 heteroatoms. The van der Waals surface area contributed by atoms with Crippen LogP contribution in [0.2, 0.25) is 0 Å². The standard InChI is InChI=1S/C10H15.C6H5O2.Fe/c1-6-7(2)9(4)10(5)8(6)3;7-6(8)5-3-1-2-4-5;/h1-5H3;1-4H,(H,7,8);/q-1;-5;. The van der Waals surface area contributed by atoms with E-state index in [0.717, 1.165) is 0 Å². The SMILES string of the molecule is Cc1c(C)c(C)[c-](C)c1C.O=C(O)[c-]1[cH-][cH-][cH-][cH-]1.[Fe]. The average Bonchev–Trinajstić information content (AvgIpc) is 2.93. The van der Waals surface area contributed by atoms with E-state index in [4.69, 9.17) is 5.11 Å². The molecule has 0 aliphatic carbocycles. The molecule has 2 aromatic rings. The minimum atomic E-state index is -0.866.